The van der Waals surface area contributed by atoms with Crippen molar-refractivity contribution in [1.82, 2.24) is 9.80 Å². The van der Waals surface area contributed by atoms with Crippen LogP contribution in [0.25, 0.3) is 0 Å². The third-order valence-corrected chi connectivity index (χ3v) is 4.94. The highest BCUT2D eigenvalue weighted by Crippen LogP contribution is 2.31. The Morgan fingerprint density at radius 3 is 2.65 bits per heavy atom. The summed E-state index contributed by atoms with van der Waals surface area (Å²) in [6, 6.07) is 6.88. The maximum Gasteiger partial charge on any atom is 0.138 e. The first-order valence-corrected chi connectivity index (χ1v) is 8.94. The van der Waals surface area contributed by atoms with Crippen LogP contribution in [-0.2, 0) is 0 Å². The molecule has 1 saturated heterocycles. The smallest absolute Gasteiger partial charge is 0.138 e. The van der Waals surface area contributed by atoms with Gasteiger partial charge in [0.1, 0.15) is 5.75 Å². The van der Waals surface area contributed by atoms with Crippen molar-refractivity contribution in [3.8, 4) is 5.75 Å². The zero-order chi connectivity index (χ0) is 17.0. The van der Waals surface area contributed by atoms with Gasteiger partial charge in [-0.3, -0.25) is 4.90 Å². The predicted octanol–water partition coefficient (Wildman–Crippen LogP) is 3.15. The van der Waals surface area contributed by atoms with Gasteiger partial charge in [-0.15, -0.1) is 0 Å². The van der Waals surface area contributed by atoms with Crippen molar-refractivity contribution in [2.45, 2.75) is 45.4 Å². The fourth-order valence-electron chi connectivity index (χ4n) is 3.26. The van der Waals surface area contributed by atoms with Crippen molar-refractivity contribution in [3.63, 3.8) is 0 Å². The molecule has 5 heteroatoms. The molecule has 130 valence electrons. The Morgan fingerprint density at radius 2 is 2.09 bits per heavy atom. The monoisotopic (exact) mass is 339 g/mol. The van der Waals surface area contributed by atoms with Gasteiger partial charge in [0.15, 0.2) is 0 Å². The quantitative estimate of drug-likeness (QED) is 0.864. The van der Waals surface area contributed by atoms with E-state index in [0.29, 0.717) is 17.6 Å². The highest BCUT2D eigenvalue weighted by atomic mass is 35.5. The number of hydrogen-bond donors (Lipinski definition) is 1. The van der Waals surface area contributed by atoms with E-state index in [4.69, 9.17) is 22.1 Å². The number of nitrogens with two attached hydrogens (primary N) is 1. The molecule has 1 heterocycles. The molecule has 0 radical (unpaired) electrons. The molecule has 0 aromatic heterocycles. The molecule has 1 fully saturated rings. The normalized spacial score (nSPS) is 21.6. The molecule has 1 aliphatic rings. The number of piperazine rings is 1. The Morgan fingerprint density at radius 1 is 1.35 bits per heavy atom. The van der Waals surface area contributed by atoms with Crippen molar-refractivity contribution in [2.75, 3.05) is 33.2 Å². The fourth-order valence-corrected chi connectivity index (χ4v) is 3.50. The Balaban J connectivity index is 2.16. The second kappa shape index (κ2) is 8.34. The minimum atomic E-state index is 0.117. The molecular weight excluding hydrogens is 310 g/mol. The van der Waals surface area contributed by atoms with E-state index < -0.39 is 0 Å². The van der Waals surface area contributed by atoms with Crippen molar-refractivity contribution in [3.05, 3.63) is 28.8 Å². The first-order chi connectivity index (χ1) is 11.0. The van der Waals surface area contributed by atoms with Crippen LogP contribution in [0.2, 0.25) is 5.02 Å². The van der Waals surface area contributed by atoms with Gasteiger partial charge in [0.25, 0.3) is 0 Å². The zero-order valence-electron chi connectivity index (χ0n) is 14.8. The van der Waals surface area contributed by atoms with E-state index in [1.54, 1.807) is 0 Å². The zero-order valence-corrected chi connectivity index (χ0v) is 15.5. The van der Waals surface area contributed by atoms with Gasteiger partial charge in [-0.2, -0.15) is 0 Å². The average Bonchev–Trinajstić information content (AvgIpc) is 2.51. The number of halogens is 1. The van der Waals surface area contributed by atoms with E-state index in [9.17, 15) is 0 Å². The van der Waals surface area contributed by atoms with Gasteiger partial charge in [-0.05, 0) is 45.0 Å². The van der Waals surface area contributed by atoms with Crippen LogP contribution in [0.4, 0.5) is 0 Å². The minimum Gasteiger partial charge on any atom is -0.489 e. The van der Waals surface area contributed by atoms with E-state index >= 15 is 0 Å². The summed E-state index contributed by atoms with van der Waals surface area (Å²) in [5, 5.41) is 0.663. The number of hydrogen-bond acceptors (Lipinski definition) is 4. The minimum absolute atomic E-state index is 0.117. The van der Waals surface area contributed by atoms with Gasteiger partial charge in [-0.1, -0.05) is 24.6 Å². The maximum atomic E-state index is 6.40. The molecule has 4 nitrogen and oxygen atoms in total. The molecule has 1 aromatic carbocycles. The highest BCUT2D eigenvalue weighted by Gasteiger charge is 2.28. The molecule has 2 atom stereocenters. The maximum absolute atomic E-state index is 6.40. The van der Waals surface area contributed by atoms with Gasteiger partial charge in [0.2, 0.25) is 0 Å². The summed E-state index contributed by atoms with van der Waals surface area (Å²) in [6.45, 7) is 10.0. The van der Waals surface area contributed by atoms with Crippen LogP contribution in [0.15, 0.2) is 18.2 Å². The van der Waals surface area contributed by atoms with Gasteiger partial charge in [-0.25, -0.2) is 0 Å². The highest BCUT2D eigenvalue weighted by molar-refractivity contribution is 6.32. The van der Waals surface area contributed by atoms with Crippen LogP contribution in [0.3, 0.4) is 0 Å². The third-order valence-electron chi connectivity index (χ3n) is 4.65. The van der Waals surface area contributed by atoms with Crippen molar-refractivity contribution in [2.24, 2.45) is 5.73 Å². The molecule has 0 aliphatic carbocycles. The lowest BCUT2D eigenvalue weighted by Gasteiger charge is -2.42. The standard InChI is InChI=1S/C18H30ClN3O/c1-5-15-12-22(9-8-21(15)4)17(11-20)14-6-7-18(16(19)10-14)23-13(2)3/h6-7,10,13,15,17H,5,8-9,11-12,20H2,1-4H3. The van der Waals surface area contributed by atoms with E-state index in [1.165, 1.54) is 5.56 Å². The third kappa shape index (κ3) is 4.60. The van der Waals surface area contributed by atoms with E-state index in [2.05, 4.69) is 29.8 Å². The molecule has 23 heavy (non-hydrogen) atoms. The van der Waals surface area contributed by atoms with Gasteiger partial charge in [0.05, 0.1) is 11.1 Å². The molecular formula is C18H30ClN3O. The van der Waals surface area contributed by atoms with Crippen molar-refractivity contribution >= 4 is 11.6 Å². The lowest BCUT2D eigenvalue weighted by Crippen LogP contribution is -2.53. The Kier molecular flexibility index (Phi) is 6.72. The lowest BCUT2D eigenvalue weighted by atomic mass is 10.0. The number of rotatable bonds is 6. The van der Waals surface area contributed by atoms with Crippen molar-refractivity contribution in [1.29, 1.82) is 0 Å². The first kappa shape index (κ1) is 18.5. The second-order valence-corrected chi connectivity index (χ2v) is 7.05. The van der Waals surface area contributed by atoms with E-state index in [-0.39, 0.29) is 12.1 Å². The summed E-state index contributed by atoms with van der Waals surface area (Å²) in [6.07, 6.45) is 1.28. The summed E-state index contributed by atoms with van der Waals surface area (Å²) in [7, 11) is 2.21. The van der Waals surface area contributed by atoms with Crippen LogP contribution in [0.1, 0.15) is 38.8 Å². The summed E-state index contributed by atoms with van der Waals surface area (Å²) < 4.78 is 5.72. The summed E-state index contributed by atoms with van der Waals surface area (Å²) in [4.78, 5) is 4.93. The summed E-state index contributed by atoms with van der Waals surface area (Å²) >= 11 is 6.40. The molecule has 0 amide bonds. The van der Waals surface area contributed by atoms with Crippen LogP contribution in [0.5, 0.6) is 5.75 Å². The van der Waals surface area contributed by atoms with Gasteiger partial charge >= 0.3 is 0 Å². The number of benzene rings is 1. The topological polar surface area (TPSA) is 41.7 Å². The Bertz CT molecular complexity index is 509. The molecule has 0 bridgehead atoms. The Labute approximate surface area is 145 Å². The van der Waals surface area contributed by atoms with E-state index in [0.717, 1.165) is 31.8 Å². The summed E-state index contributed by atoms with van der Waals surface area (Å²) in [5.74, 6) is 0.742. The SMILES string of the molecule is CCC1CN(C(CN)c2ccc(OC(C)C)c(Cl)c2)CCN1C. The van der Waals surface area contributed by atoms with Gasteiger partial charge in [0, 0.05) is 38.3 Å². The average molecular weight is 340 g/mol. The van der Waals surface area contributed by atoms with Crippen LogP contribution in [-0.4, -0.2) is 55.2 Å². The van der Waals surface area contributed by atoms with Crippen LogP contribution < -0.4 is 10.5 Å². The van der Waals surface area contributed by atoms with Gasteiger partial charge < -0.3 is 15.4 Å². The number of ether oxygens (including phenoxy) is 1. The fraction of sp³-hybridized carbons (Fsp3) is 0.667. The van der Waals surface area contributed by atoms with E-state index in [1.807, 2.05) is 26.0 Å². The van der Waals surface area contributed by atoms with Crippen LogP contribution in [0, 0.1) is 0 Å². The first-order valence-electron chi connectivity index (χ1n) is 8.56. The predicted molar refractivity (Wildman–Crippen MR) is 97.3 cm³/mol. The molecule has 1 aromatic rings. The molecule has 1 aliphatic heterocycles. The van der Waals surface area contributed by atoms with Crippen LogP contribution >= 0.6 is 11.6 Å². The molecule has 2 rings (SSSR count). The molecule has 2 N–H and O–H groups in total. The number of likely N-dealkylation sites (N-methyl/N-ethyl adjacent to an activating group) is 1. The summed E-state index contributed by atoms with van der Waals surface area (Å²) in [5.41, 5.74) is 7.27. The van der Waals surface area contributed by atoms with Crippen molar-refractivity contribution < 1.29 is 4.74 Å². The largest absolute Gasteiger partial charge is 0.489 e. The second-order valence-electron chi connectivity index (χ2n) is 6.65. The molecule has 0 saturated carbocycles. The lowest BCUT2D eigenvalue weighted by molar-refractivity contribution is 0.0643. The molecule has 0 spiro atoms. The Hall–Kier alpha value is -0.810. The number of nitrogens with zero attached hydrogens (tertiary/aromatic N) is 2. The molecule has 2 unspecified atom stereocenters.